The number of aromatic nitrogens is 1. The fourth-order valence-electron chi connectivity index (χ4n) is 0.979. The number of thiazole rings is 1. The third kappa shape index (κ3) is 2.53. The molecule has 1 amide bonds. The van der Waals surface area contributed by atoms with Crippen LogP contribution < -0.4 is 5.32 Å². The van der Waals surface area contributed by atoms with E-state index in [1.165, 1.54) is 11.3 Å². The summed E-state index contributed by atoms with van der Waals surface area (Å²) in [4.78, 5) is 26.3. The van der Waals surface area contributed by atoms with Gasteiger partial charge in [0.2, 0.25) is 0 Å². The van der Waals surface area contributed by atoms with E-state index in [1.807, 2.05) is 0 Å². The second kappa shape index (κ2) is 4.19. The van der Waals surface area contributed by atoms with Crippen molar-refractivity contribution >= 4 is 23.2 Å². The highest BCUT2D eigenvalue weighted by atomic mass is 32.1. The first kappa shape index (κ1) is 10.6. The van der Waals surface area contributed by atoms with E-state index in [0.717, 1.165) is 9.88 Å². The first-order valence-corrected chi connectivity index (χ1v) is 4.76. The van der Waals surface area contributed by atoms with E-state index >= 15 is 0 Å². The van der Waals surface area contributed by atoms with Crippen molar-refractivity contribution in [1.29, 1.82) is 0 Å². The minimum Gasteiger partial charge on any atom is -0.480 e. The average Bonchev–Trinajstić information content (AvgIpc) is 2.41. The molecule has 2 N–H and O–H groups in total. The van der Waals surface area contributed by atoms with Crippen LogP contribution >= 0.6 is 11.3 Å². The maximum atomic E-state index is 11.4. The molecule has 0 saturated heterocycles. The van der Waals surface area contributed by atoms with Gasteiger partial charge in [0.25, 0.3) is 5.91 Å². The van der Waals surface area contributed by atoms with E-state index in [9.17, 15) is 9.59 Å². The van der Waals surface area contributed by atoms with Crippen LogP contribution in [0.3, 0.4) is 0 Å². The lowest BCUT2D eigenvalue weighted by molar-refractivity contribution is -0.135. The lowest BCUT2D eigenvalue weighted by Gasteiger charge is -1.99. The third-order valence-corrected chi connectivity index (χ3v) is 2.41. The normalized spacial score (nSPS) is 9.86. The Balaban J connectivity index is 2.69. The number of carbonyl (C=O) groups is 2. The van der Waals surface area contributed by atoms with Crippen LogP contribution in [0.2, 0.25) is 0 Å². The van der Waals surface area contributed by atoms with E-state index in [-0.39, 0.29) is 6.54 Å². The summed E-state index contributed by atoms with van der Waals surface area (Å²) in [6, 6.07) is 0. The van der Waals surface area contributed by atoms with E-state index in [2.05, 4.69) is 10.3 Å². The first-order valence-electron chi connectivity index (χ1n) is 3.94. The van der Waals surface area contributed by atoms with Crippen LogP contribution in [0.5, 0.6) is 0 Å². The van der Waals surface area contributed by atoms with Gasteiger partial charge in [0.05, 0.1) is 5.01 Å². The predicted octanol–water partition coefficient (Wildman–Crippen LogP) is 0.574. The second-order valence-electron chi connectivity index (χ2n) is 2.71. The van der Waals surface area contributed by atoms with Crippen LogP contribution in [-0.4, -0.2) is 28.5 Å². The number of amides is 1. The number of hydrogen-bond acceptors (Lipinski definition) is 4. The smallest absolute Gasteiger partial charge is 0.322 e. The van der Waals surface area contributed by atoms with Gasteiger partial charge in [-0.15, -0.1) is 11.3 Å². The minimum absolute atomic E-state index is 0.314. The van der Waals surface area contributed by atoms with Gasteiger partial charge in [0.15, 0.2) is 0 Å². The Morgan fingerprint density at radius 1 is 1.50 bits per heavy atom. The lowest BCUT2D eigenvalue weighted by atomic mass is 10.3. The highest BCUT2D eigenvalue weighted by Gasteiger charge is 2.13. The standard InChI is InChI=1S/C8H10N2O3S/c1-4-7(10-5(2)14-4)8(13)9-3-6(11)12/h3H2,1-2H3,(H,9,13)(H,11,12). The van der Waals surface area contributed by atoms with Crippen LogP contribution in [0.15, 0.2) is 0 Å². The van der Waals surface area contributed by atoms with Gasteiger partial charge in [-0.2, -0.15) is 0 Å². The van der Waals surface area contributed by atoms with E-state index in [4.69, 9.17) is 5.11 Å². The molecule has 0 aliphatic rings. The number of hydrogen-bond donors (Lipinski definition) is 2. The first-order chi connectivity index (χ1) is 6.50. The Kier molecular flexibility index (Phi) is 3.19. The van der Waals surface area contributed by atoms with Gasteiger partial charge in [0, 0.05) is 4.88 Å². The maximum Gasteiger partial charge on any atom is 0.322 e. The maximum absolute atomic E-state index is 11.4. The topological polar surface area (TPSA) is 79.3 Å². The van der Waals surface area contributed by atoms with Crippen molar-refractivity contribution in [3.8, 4) is 0 Å². The predicted molar refractivity (Wildman–Crippen MR) is 51.6 cm³/mol. The van der Waals surface area contributed by atoms with Gasteiger partial charge in [-0.1, -0.05) is 0 Å². The highest BCUT2D eigenvalue weighted by molar-refractivity contribution is 7.11. The Bertz CT molecular complexity index is 373. The van der Waals surface area contributed by atoms with Crippen molar-refractivity contribution in [2.45, 2.75) is 13.8 Å². The molecule has 0 bridgehead atoms. The van der Waals surface area contributed by atoms with E-state index in [1.54, 1.807) is 13.8 Å². The average molecular weight is 214 g/mol. The highest BCUT2D eigenvalue weighted by Crippen LogP contribution is 2.15. The molecule has 1 aromatic heterocycles. The molecule has 1 rings (SSSR count). The molecule has 0 saturated carbocycles. The molecule has 14 heavy (non-hydrogen) atoms. The molecule has 0 aliphatic carbocycles. The summed E-state index contributed by atoms with van der Waals surface area (Å²) in [6.45, 7) is 3.20. The number of aliphatic carboxylic acids is 1. The monoisotopic (exact) mass is 214 g/mol. The van der Waals surface area contributed by atoms with Gasteiger partial charge in [-0.3, -0.25) is 9.59 Å². The van der Waals surface area contributed by atoms with Gasteiger partial charge >= 0.3 is 5.97 Å². The Hall–Kier alpha value is -1.43. The van der Waals surface area contributed by atoms with Crippen molar-refractivity contribution in [2.75, 3.05) is 6.54 Å². The minimum atomic E-state index is -1.07. The molecule has 1 heterocycles. The van der Waals surface area contributed by atoms with Gasteiger partial charge in [0.1, 0.15) is 12.2 Å². The summed E-state index contributed by atoms with van der Waals surface area (Å²) in [5.74, 6) is -1.50. The number of rotatable bonds is 3. The molecule has 6 heteroatoms. The third-order valence-electron chi connectivity index (χ3n) is 1.52. The van der Waals surface area contributed by atoms with Crippen LogP contribution in [0, 0.1) is 13.8 Å². The fourth-order valence-corrected chi connectivity index (χ4v) is 1.79. The summed E-state index contributed by atoms with van der Waals surface area (Å²) in [6.07, 6.45) is 0. The number of carboxylic acids is 1. The summed E-state index contributed by atoms with van der Waals surface area (Å²) in [5.41, 5.74) is 0.314. The Morgan fingerprint density at radius 3 is 2.57 bits per heavy atom. The quantitative estimate of drug-likeness (QED) is 0.771. The summed E-state index contributed by atoms with van der Waals surface area (Å²) in [7, 11) is 0. The lowest BCUT2D eigenvalue weighted by Crippen LogP contribution is -2.29. The molecular formula is C8H10N2O3S. The zero-order chi connectivity index (χ0) is 10.7. The van der Waals surface area contributed by atoms with Crippen molar-refractivity contribution in [1.82, 2.24) is 10.3 Å². The molecule has 0 spiro atoms. The van der Waals surface area contributed by atoms with Crippen molar-refractivity contribution in [3.63, 3.8) is 0 Å². The summed E-state index contributed by atoms with van der Waals surface area (Å²) in [5, 5.41) is 11.4. The van der Waals surface area contributed by atoms with Crippen molar-refractivity contribution < 1.29 is 14.7 Å². The van der Waals surface area contributed by atoms with Crippen LogP contribution in [0.4, 0.5) is 0 Å². The fraction of sp³-hybridized carbons (Fsp3) is 0.375. The summed E-state index contributed by atoms with van der Waals surface area (Å²) < 4.78 is 0. The van der Waals surface area contributed by atoms with Crippen LogP contribution in [0.25, 0.3) is 0 Å². The van der Waals surface area contributed by atoms with Gasteiger partial charge in [-0.25, -0.2) is 4.98 Å². The zero-order valence-corrected chi connectivity index (χ0v) is 8.64. The van der Waals surface area contributed by atoms with Crippen molar-refractivity contribution in [3.05, 3.63) is 15.6 Å². The Labute approximate surface area is 84.8 Å². The molecular weight excluding hydrogens is 204 g/mol. The number of aryl methyl sites for hydroxylation is 2. The molecule has 76 valence electrons. The molecule has 0 atom stereocenters. The molecule has 0 unspecified atom stereocenters. The molecule has 0 fully saturated rings. The Morgan fingerprint density at radius 2 is 2.14 bits per heavy atom. The second-order valence-corrected chi connectivity index (χ2v) is 4.12. The molecule has 0 aliphatic heterocycles. The van der Waals surface area contributed by atoms with Crippen molar-refractivity contribution in [2.24, 2.45) is 0 Å². The molecule has 5 nitrogen and oxygen atoms in total. The van der Waals surface area contributed by atoms with E-state index in [0.29, 0.717) is 5.69 Å². The van der Waals surface area contributed by atoms with Crippen LogP contribution in [-0.2, 0) is 4.79 Å². The zero-order valence-electron chi connectivity index (χ0n) is 7.83. The molecule has 1 aromatic rings. The number of carbonyl (C=O) groups excluding carboxylic acids is 1. The van der Waals surface area contributed by atoms with Gasteiger partial charge < -0.3 is 10.4 Å². The molecule has 0 aromatic carbocycles. The van der Waals surface area contributed by atoms with Gasteiger partial charge in [-0.05, 0) is 13.8 Å². The number of carboxylic acid groups (broad SMARTS) is 1. The summed E-state index contributed by atoms with van der Waals surface area (Å²) >= 11 is 1.41. The SMILES string of the molecule is Cc1nc(C(=O)NCC(=O)O)c(C)s1. The van der Waals surface area contributed by atoms with E-state index < -0.39 is 11.9 Å². The van der Waals surface area contributed by atoms with Crippen LogP contribution in [0.1, 0.15) is 20.4 Å². The molecule has 0 radical (unpaired) electrons. The number of nitrogens with zero attached hydrogens (tertiary/aromatic N) is 1. The largest absolute Gasteiger partial charge is 0.480 e. The number of nitrogens with one attached hydrogen (secondary N) is 1.